The summed E-state index contributed by atoms with van der Waals surface area (Å²) in [6.07, 6.45) is 4.65. The summed E-state index contributed by atoms with van der Waals surface area (Å²) in [5.41, 5.74) is 1.38. The Morgan fingerprint density at radius 2 is 2.05 bits per heavy atom. The third-order valence-corrected chi connectivity index (χ3v) is 3.75. The first-order valence-corrected chi connectivity index (χ1v) is 8.12. The van der Waals surface area contributed by atoms with Crippen LogP contribution in [0.25, 0.3) is 0 Å². The minimum atomic E-state index is -0.150. The number of carbonyl (C=O) groups excluding carboxylic acids is 1. The van der Waals surface area contributed by atoms with Gasteiger partial charge in [0, 0.05) is 17.6 Å². The molecule has 0 saturated carbocycles. The van der Waals surface area contributed by atoms with E-state index in [1.54, 1.807) is 30.1 Å². The molecule has 110 valence electrons. The van der Waals surface area contributed by atoms with E-state index in [-0.39, 0.29) is 5.91 Å². The molecule has 0 aliphatic carbocycles. The van der Waals surface area contributed by atoms with E-state index in [0.717, 1.165) is 23.5 Å². The van der Waals surface area contributed by atoms with Gasteiger partial charge in [-0.05, 0) is 36.9 Å². The highest BCUT2D eigenvalue weighted by Crippen LogP contribution is 2.25. The Balaban J connectivity index is 2.20. The van der Waals surface area contributed by atoms with Gasteiger partial charge in [-0.25, -0.2) is 4.98 Å². The topological polar surface area (TPSA) is 54.0 Å². The first-order valence-electron chi connectivity index (χ1n) is 6.89. The Morgan fingerprint density at radius 1 is 1.24 bits per heavy atom. The van der Waals surface area contributed by atoms with Crippen molar-refractivity contribution in [1.29, 1.82) is 0 Å². The molecule has 2 aromatic rings. The third kappa shape index (κ3) is 3.98. The molecule has 2 rings (SSSR count). The van der Waals surface area contributed by atoms with Crippen molar-refractivity contribution in [3.63, 3.8) is 0 Å². The molecule has 0 radical (unpaired) electrons. The van der Waals surface area contributed by atoms with Crippen molar-refractivity contribution < 1.29 is 4.79 Å². The molecule has 0 atom stereocenters. The predicted molar refractivity (Wildman–Crippen MR) is 89.2 cm³/mol. The zero-order valence-electron chi connectivity index (χ0n) is 12.2. The number of amides is 1. The van der Waals surface area contributed by atoms with E-state index in [1.165, 1.54) is 0 Å². The van der Waals surface area contributed by atoms with Gasteiger partial charge in [0.05, 0.1) is 11.3 Å². The number of nitrogens with one attached hydrogen (secondary N) is 2. The summed E-state index contributed by atoms with van der Waals surface area (Å²) < 4.78 is 0. The van der Waals surface area contributed by atoms with Crippen LogP contribution in [-0.2, 0) is 0 Å². The lowest BCUT2D eigenvalue weighted by Gasteiger charge is -2.12. The average molecular weight is 301 g/mol. The molecule has 1 aromatic heterocycles. The number of para-hydroxylation sites is 1. The molecule has 0 aliphatic rings. The van der Waals surface area contributed by atoms with Gasteiger partial charge in [-0.15, -0.1) is 11.8 Å². The van der Waals surface area contributed by atoms with Crippen LogP contribution in [0.2, 0.25) is 0 Å². The van der Waals surface area contributed by atoms with Gasteiger partial charge in [-0.3, -0.25) is 4.79 Å². The summed E-state index contributed by atoms with van der Waals surface area (Å²) in [7, 11) is 0. The molecular formula is C16H19N3OS. The highest BCUT2D eigenvalue weighted by molar-refractivity contribution is 7.98. The zero-order chi connectivity index (χ0) is 15.1. The van der Waals surface area contributed by atoms with E-state index in [0.29, 0.717) is 11.4 Å². The molecule has 4 nitrogen and oxygen atoms in total. The Kier molecular flexibility index (Phi) is 5.63. The molecule has 0 fully saturated rings. The van der Waals surface area contributed by atoms with Crippen LogP contribution in [0, 0.1) is 0 Å². The van der Waals surface area contributed by atoms with E-state index in [2.05, 4.69) is 22.5 Å². The molecule has 0 aliphatic heterocycles. The van der Waals surface area contributed by atoms with Crippen molar-refractivity contribution in [1.82, 2.24) is 4.98 Å². The Morgan fingerprint density at radius 3 is 2.81 bits per heavy atom. The van der Waals surface area contributed by atoms with Gasteiger partial charge in [0.2, 0.25) is 0 Å². The maximum absolute atomic E-state index is 12.5. The average Bonchev–Trinajstić information content (AvgIpc) is 2.53. The number of aromatic nitrogens is 1. The van der Waals surface area contributed by atoms with Gasteiger partial charge in [0.25, 0.3) is 5.91 Å². The van der Waals surface area contributed by atoms with E-state index < -0.39 is 0 Å². The largest absolute Gasteiger partial charge is 0.369 e. The first kappa shape index (κ1) is 15.4. The number of pyridine rings is 1. The van der Waals surface area contributed by atoms with Crippen molar-refractivity contribution in [2.24, 2.45) is 0 Å². The van der Waals surface area contributed by atoms with Crippen molar-refractivity contribution in [2.75, 3.05) is 23.4 Å². The minimum absolute atomic E-state index is 0.150. The van der Waals surface area contributed by atoms with Gasteiger partial charge >= 0.3 is 0 Å². The number of rotatable bonds is 6. The van der Waals surface area contributed by atoms with Crippen molar-refractivity contribution >= 4 is 29.2 Å². The molecule has 1 amide bonds. The highest BCUT2D eigenvalue weighted by Gasteiger charge is 2.13. The third-order valence-electron chi connectivity index (χ3n) is 2.95. The van der Waals surface area contributed by atoms with Crippen LogP contribution in [0.1, 0.15) is 23.7 Å². The Labute approximate surface area is 129 Å². The number of hydrogen-bond donors (Lipinski definition) is 2. The monoisotopic (exact) mass is 301 g/mol. The Hall–Kier alpha value is -2.01. The maximum atomic E-state index is 12.5. The quantitative estimate of drug-likeness (QED) is 0.795. The number of anilines is 2. The Bertz CT molecular complexity index is 616. The second-order valence-corrected chi connectivity index (χ2v) is 5.33. The van der Waals surface area contributed by atoms with Crippen molar-refractivity contribution in [2.45, 2.75) is 18.2 Å². The molecule has 5 heteroatoms. The van der Waals surface area contributed by atoms with E-state index in [1.807, 2.05) is 30.5 Å². The lowest BCUT2D eigenvalue weighted by molar-refractivity contribution is 0.102. The molecule has 1 aromatic carbocycles. The lowest BCUT2D eigenvalue weighted by Crippen LogP contribution is -2.16. The lowest BCUT2D eigenvalue weighted by atomic mass is 10.2. The summed E-state index contributed by atoms with van der Waals surface area (Å²) in [5, 5.41) is 6.14. The second kappa shape index (κ2) is 7.69. The molecule has 0 unspecified atom stereocenters. The number of hydrogen-bond acceptors (Lipinski definition) is 4. The van der Waals surface area contributed by atoms with Gasteiger partial charge in [0.15, 0.2) is 0 Å². The number of thioether (sulfide) groups is 1. The van der Waals surface area contributed by atoms with Gasteiger partial charge in [0.1, 0.15) is 5.82 Å². The summed E-state index contributed by atoms with van der Waals surface area (Å²) in [5.74, 6) is 0.474. The van der Waals surface area contributed by atoms with E-state index >= 15 is 0 Å². The number of carbonyl (C=O) groups is 1. The smallest absolute Gasteiger partial charge is 0.259 e. The van der Waals surface area contributed by atoms with E-state index in [4.69, 9.17) is 0 Å². The predicted octanol–water partition coefficient (Wildman–Crippen LogP) is 3.88. The molecule has 1 heterocycles. The minimum Gasteiger partial charge on any atom is -0.369 e. The van der Waals surface area contributed by atoms with Crippen LogP contribution in [0.5, 0.6) is 0 Å². The fraction of sp³-hybridized carbons (Fsp3) is 0.250. The van der Waals surface area contributed by atoms with Crippen LogP contribution >= 0.6 is 11.8 Å². The maximum Gasteiger partial charge on any atom is 0.259 e. The van der Waals surface area contributed by atoms with Gasteiger partial charge in [-0.2, -0.15) is 0 Å². The summed E-state index contributed by atoms with van der Waals surface area (Å²) in [6.45, 7) is 2.86. The summed E-state index contributed by atoms with van der Waals surface area (Å²) in [6, 6.07) is 11.3. The molecular weight excluding hydrogens is 282 g/mol. The normalized spacial score (nSPS) is 10.2. The van der Waals surface area contributed by atoms with Crippen LogP contribution in [0.3, 0.4) is 0 Å². The van der Waals surface area contributed by atoms with Crippen LogP contribution < -0.4 is 10.6 Å². The van der Waals surface area contributed by atoms with Crippen molar-refractivity contribution in [3.8, 4) is 0 Å². The molecule has 21 heavy (non-hydrogen) atoms. The van der Waals surface area contributed by atoms with Gasteiger partial charge in [-0.1, -0.05) is 19.1 Å². The summed E-state index contributed by atoms with van der Waals surface area (Å²) >= 11 is 1.60. The number of nitrogens with zero attached hydrogens (tertiary/aromatic N) is 1. The molecule has 0 spiro atoms. The first-order chi connectivity index (χ1) is 10.3. The van der Waals surface area contributed by atoms with Crippen LogP contribution in [0.15, 0.2) is 47.5 Å². The highest BCUT2D eigenvalue weighted by atomic mass is 32.2. The second-order valence-electron chi connectivity index (χ2n) is 4.48. The molecule has 0 bridgehead atoms. The van der Waals surface area contributed by atoms with Crippen LogP contribution in [0.4, 0.5) is 11.5 Å². The zero-order valence-corrected chi connectivity index (χ0v) is 13.0. The fourth-order valence-corrected chi connectivity index (χ4v) is 2.46. The van der Waals surface area contributed by atoms with Crippen molar-refractivity contribution in [3.05, 3.63) is 48.2 Å². The number of benzene rings is 1. The standard InChI is InChI=1S/C16H19N3OS/c1-3-10-17-15-12(7-6-11-18-15)16(20)19-13-8-4-5-9-14(13)21-2/h4-9,11H,3,10H2,1-2H3,(H,17,18)(H,19,20). The molecule has 2 N–H and O–H groups in total. The van der Waals surface area contributed by atoms with E-state index in [9.17, 15) is 4.79 Å². The van der Waals surface area contributed by atoms with Crippen LogP contribution in [-0.4, -0.2) is 23.7 Å². The molecule has 0 saturated heterocycles. The van der Waals surface area contributed by atoms with Gasteiger partial charge < -0.3 is 10.6 Å². The SMILES string of the molecule is CCCNc1ncccc1C(=O)Nc1ccccc1SC. The fourth-order valence-electron chi connectivity index (χ4n) is 1.91. The summed E-state index contributed by atoms with van der Waals surface area (Å²) in [4.78, 5) is 17.7.